The third-order valence-corrected chi connectivity index (χ3v) is 6.62. The average Bonchev–Trinajstić information content (AvgIpc) is 2.63. The second-order valence-corrected chi connectivity index (χ2v) is 9.32. The lowest BCUT2D eigenvalue weighted by molar-refractivity contribution is -0.00522. The van der Waals surface area contributed by atoms with Crippen molar-refractivity contribution >= 4 is 57.2 Å². The Balaban J connectivity index is 0.00000225. The summed E-state index contributed by atoms with van der Waals surface area (Å²) in [4.78, 5) is 7.45. The summed E-state index contributed by atoms with van der Waals surface area (Å²) in [5, 5.41) is 0. The highest BCUT2D eigenvalue weighted by molar-refractivity contribution is 9.10. The first-order valence-corrected chi connectivity index (χ1v) is 11.2. The van der Waals surface area contributed by atoms with Gasteiger partial charge in [0.15, 0.2) is 0 Å². The highest BCUT2D eigenvalue weighted by atomic mass is 79.9. The van der Waals surface area contributed by atoms with Crippen LogP contribution in [0.2, 0.25) is 0 Å². The summed E-state index contributed by atoms with van der Waals surface area (Å²) in [5.41, 5.74) is 9.63. The Bertz CT molecular complexity index is 827. The minimum atomic E-state index is 0. The van der Waals surface area contributed by atoms with Crippen molar-refractivity contribution in [3.63, 3.8) is 0 Å². The van der Waals surface area contributed by atoms with Gasteiger partial charge in [0.2, 0.25) is 0 Å². The van der Waals surface area contributed by atoms with Crippen LogP contribution in [0.3, 0.4) is 0 Å². The maximum Gasteiger partial charge on any atom is 0.0726 e. The quantitative estimate of drug-likeness (QED) is 0.626. The van der Waals surface area contributed by atoms with Gasteiger partial charge in [0.25, 0.3) is 0 Å². The molecule has 2 aliphatic rings. The summed E-state index contributed by atoms with van der Waals surface area (Å²) >= 11 is 5.47. The van der Waals surface area contributed by atoms with Crippen molar-refractivity contribution in [2.45, 2.75) is 42.3 Å². The molecule has 4 nitrogen and oxygen atoms in total. The molecular weight excluding hydrogens is 458 g/mol. The molecule has 1 saturated heterocycles. The van der Waals surface area contributed by atoms with Gasteiger partial charge in [0.05, 0.1) is 23.6 Å². The van der Waals surface area contributed by atoms with E-state index in [9.17, 15) is 0 Å². The largest absolute Gasteiger partial charge is 0.372 e. The number of nitrogens with two attached hydrogens (primary N) is 1. The molecule has 2 aromatic carbocycles. The minimum Gasteiger partial charge on any atom is -0.372 e. The first-order chi connectivity index (χ1) is 13.0. The van der Waals surface area contributed by atoms with Crippen molar-refractivity contribution in [2.24, 2.45) is 5.73 Å². The van der Waals surface area contributed by atoms with Crippen LogP contribution in [0.1, 0.15) is 20.3 Å². The Hall–Kier alpha value is -0.920. The minimum absolute atomic E-state index is 0. The van der Waals surface area contributed by atoms with Crippen molar-refractivity contribution in [2.75, 3.05) is 36.0 Å². The Labute approximate surface area is 186 Å². The van der Waals surface area contributed by atoms with Crippen LogP contribution in [0.25, 0.3) is 0 Å². The van der Waals surface area contributed by atoms with Crippen LogP contribution in [-0.2, 0) is 4.74 Å². The molecule has 0 radical (unpaired) electrons. The number of hydrogen-bond donors (Lipinski definition) is 1. The zero-order valence-corrected chi connectivity index (χ0v) is 19.4. The fourth-order valence-electron chi connectivity index (χ4n) is 3.92. The zero-order valence-electron chi connectivity index (χ0n) is 16.2. The van der Waals surface area contributed by atoms with Crippen molar-refractivity contribution in [3.8, 4) is 0 Å². The van der Waals surface area contributed by atoms with E-state index in [0.29, 0.717) is 6.54 Å². The zero-order chi connectivity index (χ0) is 19.0. The van der Waals surface area contributed by atoms with Gasteiger partial charge in [-0.3, -0.25) is 0 Å². The lowest BCUT2D eigenvalue weighted by Gasteiger charge is -2.38. The van der Waals surface area contributed by atoms with Crippen LogP contribution in [0.15, 0.2) is 50.7 Å². The molecule has 0 bridgehead atoms. The highest BCUT2D eigenvalue weighted by Crippen LogP contribution is 2.50. The number of fused-ring (bicyclic) bond motifs is 2. The number of halogens is 2. The molecular formula is C21H27BrClN3OS. The van der Waals surface area contributed by atoms with Crippen LogP contribution in [0, 0.1) is 0 Å². The van der Waals surface area contributed by atoms with Gasteiger partial charge in [-0.25, -0.2) is 0 Å². The van der Waals surface area contributed by atoms with E-state index in [0.717, 1.165) is 30.5 Å². The van der Waals surface area contributed by atoms with Crippen molar-refractivity contribution in [1.29, 1.82) is 0 Å². The molecule has 7 heteroatoms. The molecule has 0 saturated carbocycles. The SMILES string of the molecule is CC1CN(c2ccc3c(c2)Sc2cc(Br)ccc2N3CCCN)CC(C)O1.Cl. The maximum absolute atomic E-state index is 5.90. The molecule has 0 amide bonds. The number of benzene rings is 2. The topological polar surface area (TPSA) is 41.7 Å². The van der Waals surface area contributed by atoms with Crippen molar-refractivity contribution in [1.82, 2.24) is 0 Å². The molecule has 1 fully saturated rings. The average molecular weight is 485 g/mol. The third kappa shape index (κ3) is 4.46. The smallest absolute Gasteiger partial charge is 0.0726 e. The van der Waals surface area contributed by atoms with E-state index < -0.39 is 0 Å². The molecule has 4 rings (SSSR count). The molecule has 152 valence electrons. The maximum atomic E-state index is 5.90. The summed E-state index contributed by atoms with van der Waals surface area (Å²) in [5.74, 6) is 0. The number of morpholine rings is 1. The summed E-state index contributed by atoms with van der Waals surface area (Å²) in [6.07, 6.45) is 1.49. The van der Waals surface area contributed by atoms with E-state index in [1.165, 1.54) is 26.9 Å². The highest BCUT2D eigenvalue weighted by Gasteiger charge is 2.26. The second kappa shape index (κ2) is 9.26. The standard InChI is InChI=1S/C21H26BrN3OS.ClH/c1-14-12-24(13-15(2)26-14)17-5-7-19-21(11-17)27-20-10-16(22)4-6-18(20)25(19)9-3-8-23;/h4-7,10-11,14-15H,3,8-9,12-13,23H2,1-2H3;1H. The lowest BCUT2D eigenvalue weighted by atomic mass is 10.1. The van der Waals surface area contributed by atoms with Gasteiger partial charge in [-0.15, -0.1) is 12.4 Å². The molecule has 2 heterocycles. The molecule has 2 aromatic rings. The van der Waals surface area contributed by atoms with E-state index in [-0.39, 0.29) is 24.6 Å². The Morgan fingerprint density at radius 3 is 2.39 bits per heavy atom. The summed E-state index contributed by atoms with van der Waals surface area (Å²) in [7, 11) is 0. The number of nitrogens with zero attached hydrogens (tertiary/aromatic N) is 2. The van der Waals surface area contributed by atoms with Gasteiger partial charge in [-0.2, -0.15) is 0 Å². The molecule has 2 aliphatic heterocycles. The Kier molecular flexibility index (Phi) is 7.21. The molecule has 0 aromatic heterocycles. The molecule has 28 heavy (non-hydrogen) atoms. The van der Waals surface area contributed by atoms with Crippen molar-refractivity contribution in [3.05, 3.63) is 40.9 Å². The molecule has 0 spiro atoms. The van der Waals surface area contributed by atoms with Crippen LogP contribution in [0.4, 0.5) is 17.1 Å². The van der Waals surface area contributed by atoms with E-state index in [2.05, 4.69) is 76.0 Å². The van der Waals surface area contributed by atoms with Crippen LogP contribution in [-0.4, -0.2) is 38.4 Å². The van der Waals surface area contributed by atoms with E-state index in [1.807, 2.05) is 11.8 Å². The van der Waals surface area contributed by atoms with Gasteiger partial charge in [-0.05, 0) is 63.2 Å². The Morgan fingerprint density at radius 2 is 1.71 bits per heavy atom. The van der Waals surface area contributed by atoms with E-state index >= 15 is 0 Å². The third-order valence-electron chi connectivity index (χ3n) is 5.04. The van der Waals surface area contributed by atoms with Gasteiger partial charge in [0.1, 0.15) is 0 Å². The number of ether oxygens (including phenoxy) is 1. The number of hydrogen-bond acceptors (Lipinski definition) is 5. The van der Waals surface area contributed by atoms with Crippen LogP contribution < -0.4 is 15.5 Å². The predicted molar refractivity (Wildman–Crippen MR) is 125 cm³/mol. The molecule has 0 aliphatic carbocycles. The number of anilines is 3. The van der Waals surface area contributed by atoms with Gasteiger partial charge in [-0.1, -0.05) is 27.7 Å². The first kappa shape index (κ1) is 21.8. The number of rotatable bonds is 4. The molecule has 2 atom stereocenters. The summed E-state index contributed by atoms with van der Waals surface area (Å²) in [6, 6.07) is 13.4. The summed E-state index contributed by atoms with van der Waals surface area (Å²) in [6.45, 7) is 7.81. The van der Waals surface area contributed by atoms with Gasteiger partial charge in [0, 0.05) is 39.6 Å². The van der Waals surface area contributed by atoms with Crippen molar-refractivity contribution < 1.29 is 4.74 Å². The predicted octanol–water partition coefficient (Wildman–Crippen LogP) is 5.44. The lowest BCUT2D eigenvalue weighted by Crippen LogP contribution is -2.45. The van der Waals surface area contributed by atoms with E-state index in [4.69, 9.17) is 10.5 Å². The Morgan fingerprint density at radius 1 is 1.07 bits per heavy atom. The molecule has 2 N–H and O–H groups in total. The fourth-order valence-corrected chi connectivity index (χ4v) is 5.60. The first-order valence-electron chi connectivity index (χ1n) is 9.54. The second-order valence-electron chi connectivity index (χ2n) is 7.32. The van der Waals surface area contributed by atoms with Crippen LogP contribution in [0.5, 0.6) is 0 Å². The van der Waals surface area contributed by atoms with Gasteiger partial charge >= 0.3 is 0 Å². The van der Waals surface area contributed by atoms with Gasteiger partial charge < -0.3 is 20.3 Å². The monoisotopic (exact) mass is 483 g/mol. The summed E-state index contributed by atoms with van der Waals surface area (Å²) < 4.78 is 7.01. The van der Waals surface area contributed by atoms with E-state index in [1.54, 1.807) is 0 Å². The molecule has 2 unspecified atom stereocenters. The normalized spacial score (nSPS) is 21.0. The fraction of sp³-hybridized carbons (Fsp3) is 0.429. The van der Waals surface area contributed by atoms with Crippen LogP contribution >= 0.6 is 40.1 Å².